The van der Waals surface area contributed by atoms with Gasteiger partial charge in [0, 0.05) is 9.50 Å². The number of amides is 1. The zero-order valence-electron chi connectivity index (χ0n) is 20.9. The Bertz CT molecular complexity index is 1310. The number of ether oxygens (including phenoxy) is 1. The van der Waals surface area contributed by atoms with Crippen LogP contribution < -0.4 is 9.04 Å². The summed E-state index contributed by atoms with van der Waals surface area (Å²) in [6.45, 7) is 7.67. The van der Waals surface area contributed by atoms with Crippen LogP contribution in [0.2, 0.25) is 5.02 Å². The summed E-state index contributed by atoms with van der Waals surface area (Å²) in [5, 5.41) is 0.405. The van der Waals surface area contributed by atoms with Crippen molar-refractivity contribution in [2.75, 3.05) is 10.9 Å². The molecule has 1 amide bonds. The molecule has 0 saturated heterocycles. The third kappa shape index (κ3) is 6.69. The van der Waals surface area contributed by atoms with Crippen molar-refractivity contribution in [3.05, 3.63) is 86.8 Å². The molecule has 0 N–H and O–H groups in total. The van der Waals surface area contributed by atoms with Crippen molar-refractivity contribution in [1.29, 1.82) is 0 Å². The van der Waals surface area contributed by atoms with Gasteiger partial charge in [0.25, 0.3) is 15.9 Å². The van der Waals surface area contributed by atoms with Crippen LogP contribution in [0.1, 0.15) is 56.2 Å². The van der Waals surface area contributed by atoms with E-state index in [2.05, 4.69) is 22.9 Å². The minimum atomic E-state index is -4.21. The van der Waals surface area contributed by atoms with Gasteiger partial charge in [-0.2, -0.15) is 4.31 Å². The number of hydrogen-bond donors (Lipinski definition) is 0. The number of sulfonamides is 1. The van der Waals surface area contributed by atoms with Gasteiger partial charge in [-0.3, -0.25) is 4.79 Å². The van der Waals surface area contributed by atoms with Crippen molar-refractivity contribution in [2.45, 2.75) is 57.8 Å². The predicted molar refractivity (Wildman–Crippen MR) is 150 cm³/mol. The normalized spacial score (nSPS) is 11.5. The number of anilines is 1. The molecule has 0 aliphatic carbocycles. The first kappa shape index (κ1) is 28.2. The fourth-order valence-electron chi connectivity index (χ4n) is 3.75. The molecule has 0 aliphatic heterocycles. The van der Waals surface area contributed by atoms with Gasteiger partial charge in [0.05, 0.1) is 10.6 Å². The van der Waals surface area contributed by atoms with Crippen LogP contribution in [0.25, 0.3) is 0 Å². The molecule has 0 saturated carbocycles. The number of carbonyl (C=O) groups is 1. The van der Waals surface area contributed by atoms with E-state index in [1.807, 2.05) is 45.0 Å². The van der Waals surface area contributed by atoms with Crippen molar-refractivity contribution in [3.63, 3.8) is 0 Å². The number of halogens is 2. The molecule has 0 fully saturated rings. The average Bonchev–Trinajstić information content (AvgIpc) is 2.84. The number of rotatable bonds is 10. The van der Waals surface area contributed by atoms with E-state index in [1.54, 1.807) is 12.1 Å². The fraction of sp³-hybridized carbons (Fsp3) is 0.321. The van der Waals surface area contributed by atoms with Crippen LogP contribution in [0.4, 0.5) is 5.69 Å². The molecule has 0 spiro atoms. The molecule has 0 bridgehead atoms. The van der Waals surface area contributed by atoms with Crippen molar-refractivity contribution < 1.29 is 17.9 Å². The summed E-state index contributed by atoms with van der Waals surface area (Å²) in [6, 6.07) is 16.6. The molecule has 0 unspecified atom stereocenters. The van der Waals surface area contributed by atoms with E-state index >= 15 is 0 Å². The first-order chi connectivity index (χ1) is 17.0. The molecule has 0 radical (unpaired) electrons. The molecule has 5 nitrogen and oxygen atoms in total. The molecule has 3 aromatic rings. The number of benzene rings is 3. The van der Waals surface area contributed by atoms with Crippen LogP contribution in [-0.2, 0) is 21.2 Å². The predicted octanol–water partition coefficient (Wildman–Crippen LogP) is 7.68. The lowest BCUT2D eigenvalue weighted by molar-refractivity contribution is -0.119. The zero-order valence-corrected chi connectivity index (χ0v) is 24.1. The Morgan fingerprint density at radius 1 is 1.06 bits per heavy atom. The Hall–Kier alpha value is -2.35. The molecular formula is C28H31BrClNO4S. The Labute approximate surface area is 227 Å². The molecule has 3 rings (SSSR count). The lowest BCUT2D eigenvalue weighted by atomic mass is 10.0. The topological polar surface area (TPSA) is 63.7 Å². The summed E-state index contributed by atoms with van der Waals surface area (Å²) < 4.78 is 34.9. The zero-order chi connectivity index (χ0) is 26.5. The lowest BCUT2D eigenvalue weighted by Crippen LogP contribution is -2.40. The minimum Gasteiger partial charge on any atom is -0.483 e. The van der Waals surface area contributed by atoms with Crippen LogP contribution in [0.15, 0.2) is 70.0 Å². The quantitative estimate of drug-likeness (QED) is 0.242. The maximum atomic E-state index is 13.6. The summed E-state index contributed by atoms with van der Waals surface area (Å²) in [5.74, 6) is 0.0101. The molecule has 3 aromatic carbocycles. The largest absolute Gasteiger partial charge is 0.483 e. The van der Waals surface area contributed by atoms with E-state index in [0.29, 0.717) is 10.8 Å². The first-order valence-electron chi connectivity index (χ1n) is 11.9. The number of hydrogen-bond acceptors (Lipinski definition) is 4. The van der Waals surface area contributed by atoms with Gasteiger partial charge in [0.2, 0.25) is 0 Å². The van der Waals surface area contributed by atoms with Crippen LogP contribution >= 0.6 is 27.5 Å². The summed E-state index contributed by atoms with van der Waals surface area (Å²) in [5.41, 5.74) is 3.22. The first-order valence-corrected chi connectivity index (χ1v) is 14.5. The minimum absolute atomic E-state index is 0.0299. The van der Waals surface area contributed by atoms with Crippen LogP contribution in [0.5, 0.6) is 5.75 Å². The Balaban J connectivity index is 1.97. The smallest absolute Gasteiger partial charge is 0.278 e. The van der Waals surface area contributed by atoms with Gasteiger partial charge in [-0.25, -0.2) is 8.42 Å². The molecule has 0 heterocycles. The van der Waals surface area contributed by atoms with Crippen LogP contribution in [0.3, 0.4) is 0 Å². The van der Waals surface area contributed by atoms with Crippen molar-refractivity contribution in [2.24, 2.45) is 0 Å². The van der Waals surface area contributed by atoms with E-state index in [1.165, 1.54) is 24.3 Å². The molecule has 0 aromatic heterocycles. The van der Waals surface area contributed by atoms with Crippen molar-refractivity contribution in [3.8, 4) is 5.75 Å². The molecule has 0 atom stereocenters. The molecule has 36 heavy (non-hydrogen) atoms. The second-order valence-corrected chi connectivity index (χ2v) is 12.0. The average molecular weight is 593 g/mol. The van der Waals surface area contributed by atoms with E-state index in [4.69, 9.17) is 16.3 Å². The van der Waals surface area contributed by atoms with Gasteiger partial charge < -0.3 is 4.74 Å². The van der Waals surface area contributed by atoms with E-state index < -0.39 is 22.5 Å². The van der Waals surface area contributed by atoms with Crippen LogP contribution in [0, 0.1) is 6.92 Å². The lowest BCUT2D eigenvalue weighted by Gasteiger charge is -2.24. The highest BCUT2D eigenvalue weighted by molar-refractivity contribution is 9.10. The summed E-state index contributed by atoms with van der Waals surface area (Å²) in [4.78, 5) is 13.5. The van der Waals surface area contributed by atoms with Crippen LogP contribution in [-0.4, -0.2) is 20.9 Å². The Morgan fingerprint density at radius 3 is 2.28 bits per heavy atom. The summed E-state index contributed by atoms with van der Waals surface area (Å²) >= 11 is 9.50. The highest BCUT2D eigenvalue weighted by Crippen LogP contribution is 2.33. The standard InChI is InChI=1S/C28H31BrClNO4S/c1-5-6-7-21-8-12-23(13-9-21)31(36(33,34)24-14-10-22(30)11-15-24)28(32)18-35-27-16-20(4)26(29)17-25(27)19(2)3/h8-17,19H,5-7,18H2,1-4H3. The highest BCUT2D eigenvalue weighted by atomic mass is 79.9. The van der Waals surface area contributed by atoms with Crippen molar-refractivity contribution in [1.82, 2.24) is 0 Å². The van der Waals surface area contributed by atoms with Gasteiger partial charge in [0.15, 0.2) is 6.61 Å². The third-order valence-electron chi connectivity index (χ3n) is 5.83. The summed E-state index contributed by atoms with van der Waals surface area (Å²) in [6.07, 6.45) is 2.98. The second-order valence-electron chi connectivity index (χ2n) is 8.97. The second kappa shape index (κ2) is 12.3. The third-order valence-corrected chi connectivity index (χ3v) is 8.70. The van der Waals surface area contributed by atoms with Gasteiger partial charge in [-0.15, -0.1) is 0 Å². The Kier molecular flexibility index (Phi) is 9.61. The maximum Gasteiger partial charge on any atom is 0.278 e. The Morgan fingerprint density at radius 2 is 1.69 bits per heavy atom. The van der Waals surface area contributed by atoms with E-state index in [-0.39, 0.29) is 16.5 Å². The number of aryl methyl sites for hydroxylation is 2. The van der Waals surface area contributed by atoms with Gasteiger partial charge in [-0.1, -0.05) is 66.9 Å². The molecule has 192 valence electrons. The number of carbonyl (C=O) groups excluding carboxylic acids is 1. The van der Waals surface area contributed by atoms with Gasteiger partial charge in [-0.05, 0) is 90.9 Å². The highest BCUT2D eigenvalue weighted by Gasteiger charge is 2.31. The van der Waals surface area contributed by atoms with Crippen molar-refractivity contribution >= 4 is 49.1 Å². The molecular weight excluding hydrogens is 562 g/mol. The van der Waals surface area contributed by atoms with Gasteiger partial charge >= 0.3 is 0 Å². The maximum absolute atomic E-state index is 13.6. The molecule has 0 aliphatic rings. The monoisotopic (exact) mass is 591 g/mol. The molecule has 8 heteroatoms. The summed E-state index contributed by atoms with van der Waals surface area (Å²) in [7, 11) is -4.21. The van der Waals surface area contributed by atoms with E-state index in [0.717, 1.165) is 44.7 Å². The number of nitrogens with zero attached hydrogens (tertiary/aromatic N) is 1. The van der Waals surface area contributed by atoms with Gasteiger partial charge in [0.1, 0.15) is 5.75 Å². The fourth-order valence-corrected chi connectivity index (χ4v) is 5.65. The SMILES string of the molecule is CCCCc1ccc(N(C(=O)COc2cc(C)c(Br)cc2C(C)C)S(=O)(=O)c2ccc(Cl)cc2)cc1. The van der Waals surface area contributed by atoms with E-state index in [9.17, 15) is 13.2 Å². The number of unbranched alkanes of at least 4 members (excludes halogenated alkanes) is 1.